The molecule has 0 spiro atoms. The molecule has 6 atom stereocenters. The van der Waals surface area contributed by atoms with Crippen molar-refractivity contribution >= 4 is 51.2 Å². The van der Waals surface area contributed by atoms with E-state index in [0.29, 0.717) is 0 Å². The Morgan fingerprint density at radius 1 is 1.16 bits per heavy atom. The van der Waals surface area contributed by atoms with E-state index in [1.165, 1.54) is 10.9 Å². The molecule has 0 radical (unpaired) electrons. The maximum absolute atomic E-state index is 12.0. The number of hydrogen-bond acceptors (Lipinski definition) is 17. The zero-order valence-corrected chi connectivity index (χ0v) is 18.3. The number of aliphatic hydroxyl groups is 2. The van der Waals surface area contributed by atoms with E-state index in [-0.39, 0.29) is 17.0 Å². The Kier molecular flexibility index (Phi) is 6.99. The van der Waals surface area contributed by atoms with E-state index in [1.807, 2.05) is 0 Å². The third-order valence-corrected chi connectivity index (χ3v) is 8.38. The summed E-state index contributed by atoms with van der Waals surface area (Å²) in [6, 6.07) is 0. The molecule has 0 amide bonds. The van der Waals surface area contributed by atoms with Gasteiger partial charge in [0.1, 0.15) is 36.9 Å². The third-order valence-electron chi connectivity index (χ3n) is 3.80. The standard InChI is InChI=1S/C10H16N5O12P3S/c11-8-5-9(13-2-12-8)15(3-14-5)10-7(17)6(16)4(25-10)1-24-30(23,31)27-29(21,22)26-28(18,19)20/h2-4,6-7,10,16-17H,1H2,(H,21,22)(H,23,31)(H2,11,12,13)(H2,18,19,20)/p-4. The quantitative estimate of drug-likeness (QED) is 0.280. The van der Waals surface area contributed by atoms with Crippen molar-refractivity contribution in [2.24, 2.45) is 0 Å². The molecule has 174 valence electrons. The normalized spacial score (nSPS) is 28.5. The van der Waals surface area contributed by atoms with Crippen LogP contribution in [0.2, 0.25) is 0 Å². The summed E-state index contributed by atoms with van der Waals surface area (Å²) >= 11 is 4.29. The Morgan fingerprint density at radius 2 is 1.84 bits per heavy atom. The molecule has 4 N–H and O–H groups in total. The van der Waals surface area contributed by atoms with Crippen molar-refractivity contribution in [3.63, 3.8) is 0 Å². The van der Waals surface area contributed by atoms with E-state index in [2.05, 4.69) is 39.9 Å². The molecule has 31 heavy (non-hydrogen) atoms. The summed E-state index contributed by atoms with van der Waals surface area (Å²) in [6.07, 6.45) is -3.56. The van der Waals surface area contributed by atoms with Gasteiger partial charge in [0, 0.05) is 0 Å². The van der Waals surface area contributed by atoms with Crippen LogP contribution in [0.15, 0.2) is 12.7 Å². The highest BCUT2D eigenvalue weighted by molar-refractivity contribution is 8.07. The van der Waals surface area contributed by atoms with Crippen LogP contribution in [0.25, 0.3) is 11.2 Å². The third kappa shape index (κ3) is 5.90. The second-order valence-electron chi connectivity index (χ2n) is 5.93. The van der Waals surface area contributed by atoms with Crippen LogP contribution in [0.4, 0.5) is 5.82 Å². The fourth-order valence-electron chi connectivity index (χ4n) is 2.60. The van der Waals surface area contributed by atoms with Crippen LogP contribution in [0.1, 0.15) is 6.23 Å². The maximum Gasteiger partial charge on any atom is 0.276 e. The summed E-state index contributed by atoms with van der Waals surface area (Å²) in [4.78, 5) is 55.7. The lowest BCUT2D eigenvalue weighted by atomic mass is 10.1. The molecule has 17 nitrogen and oxygen atoms in total. The Labute approximate surface area is 177 Å². The molecule has 3 heterocycles. The van der Waals surface area contributed by atoms with E-state index in [0.717, 1.165) is 6.33 Å². The first-order chi connectivity index (χ1) is 14.2. The number of phosphoric acid groups is 2. The van der Waals surface area contributed by atoms with E-state index in [4.69, 9.17) is 10.5 Å². The fraction of sp³-hybridized carbons (Fsp3) is 0.500. The fourth-order valence-corrected chi connectivity index (χ4v) is 6.38. The van der Waals surface area contributed by atoms with E-state index in [1.54, 1.807) is 0 Å². The van der Waals surface area contributed by atoms with Crippen LogP contribution in [0.3, 0.4) is 0 Å². The molecule has 21 heteroatoms. The van der Waals surface area contributed by atoms with Crippen molar-refractivity contribution in [1.82, 2.24) is 19.5 Å². The number of nitrogen functional groups attached to an aromatic ring is 1. The average molecular weight is 519 g/mol. The number of fused-ring (bicyclic) bond motifs is 1. The Bertz CT molecular complexity index is 1110. The lowest BCUT2D eigenvalue weighted by Gasteiger charge is -2.39. The molecular formula is C10H12N5O12P3S-4. The highest BCUT2D eigenvalue weighted by Gasteiger charge is 2.44. The number of rotatable bonds is 8. The van der Waals surface area contributed by atoms with Crippen LogP contribution in [-0.4, -0.2) is 54.7 Å². The first-order valence-electron chi connectivity index (χ1n) is 7.85. The van der Waals surface area contributed by atoms with E-state index >= 15 is 0 Å². The molecule has 2 aromatic heterocycles. The Hall–Kier alpha value is -0.940. The van der Waals surface area contributed by atoms with Crippen molar-refractivity contribution in [3.8, 4) is 0 Å². The average Bonchev–Trinajstić information content (AvgIpc) is 3.13. The predicted molar refractivity (Wildman–Crippen MR) is 93.3 cm³/mol. The summed E-state index contributed by atoms with van der Waals surface area (Å²) in [5.41, 5.74) is 6.02. The summed E-state index contributed by atoms with van der Waals surface area (Å²) < 4.78 is 39.8. The Morgan fingerprint density at radius 3 is 2.48 bits per heavy atom. The number of aromatic nitrogens is 4. The zero-order valence-electron chi connectivity index (χ0n) is 14.8. The van der Waals surface area contributed by atoms with Crippen LogP contribution in [-0.2, 0) is 38.8 Å². The van der Waals surface area contributed by atoms with Gasteiger partial charge in [-0.05, 0) is 0 Å². The van der Waals surface area contributed by atoms with Crippen LogP contribution >= 0.6 is 22.4 Å². The number of nitrogens with two attached hydrogens (primary N) is 1. The highest BCUT2D eigenvalue weighted by atomic mass is 32.5. The SMILES string of the molecule is Nc1ncnc2c1ncn2C1OC(COP([O-])(=S)OP(=O)([O-])OP(=O)([O-])[O-])C(O)C1O. The summed E-state index contributed by atoms with van der Waals surface area (Å²) in [7, 11) is -12.0. The molecular weight excluding hydrogens is 507 g/mol. The van der Waals surface area contributed by atoms with Gasteiger partial charge in [0.05, 0.1) is 20.8 Å². The molecule has 0 saturated carbocycles. The maximum atomic E-state index is 12.0. The van der Waals surface area contributed by atoms with Gasteiger partial charge in [-0.25, -0.2) is 15.0 Å². The van der Waals surface area contributed by atoms with Gasteiger partial charge in [-0.1, -0.05) is 11.8 Å². The molecule has 2 aromatic rings. The minimum atomic E-state index is -6.04. The smallest absolute Gasteiger partial charge is 0.276 e. The molecule has 3 rings (SSSR count). The molecule has 1 saturated heterocycles. The minimum Gasteiger partial charge on any atom is -0.790 e. The van der Waals surface area contributed by atoms with Gasteiger partial charge in [-0.2, -0.15) is 0 Å². The number of hydrogen-bond donors (Lipinski definition) is 3. The van der Waals surface area contributed by atoms with Crippen LogP contribution < -0.4 is 25.3 Å². The van der Waals surface area contributed by atoms with Crippen LogP contribution in [0.5, 0.6) is 0 Å². The molecule has 6 unspecified atom stereocenters. The second kappa shape index (κ2) is 8.78. The van der Waals surface area contributed by atoms with Gasteiger partial charge in [0.2, 0.25) is 0 Å². The first kappa shape index (κ1) is 24.7. The lowest BCUT2D eigenvalue weighted by molar-refractivity contribution is -0.339. The van der Waals surface area contributed by atoms with Gasteiger partial charge < -0.3 is 49.3 Å². The number of ether oxygens (including phenoxy) is 1. The molecule has 1 aliphatic heterocycles. The van der Waals surface area contributed by atoms with Gasteiger partial charge in [-0.3, -0.25) is 17.8 Å². The zero-order chi connectivity index (χ0) is 23.2. The van der Waals surface area contributed by atoms with Crippen molar-refractivity contribution in [2.45, 2.75) is 24.5 Å². The van der Waals surface area contributed by atoms with E-state index in [9.17, 15) is 38.9 Å². The van der Waals surface area contributed by atoms with Crippen molar-refractivity contribution in [3.05, 3.63) is 12.7 Å². The molecule has 1 aliphatic rings. The monoisotopic (exact) mass is 519 g/mol. The molecule has 0 aromatic carbocycles. The number of imidazole rings is 1. The molecule has 0 bridgehead atoms. The highest BCUT2D eigenvalue weighted by Crippen LogP contribution is 2.60. The van der Waals surface area contributed by atoms with E-state index < -0.39 is 53.5 Å². The second-order valence-corrected chi connectivity index (χ2v) is 11.5. The van der Waals surface area contributed by atoms with Crippen molar-refractivity contribution in [2.75, 3.05) is 12.3 Å². The van der Waals surface area contributed by atoms with Gasteiger partial charge in [0.15, 0.2) is 17.7 Å². The van der Waals surface area contributed by atoms with Gasteiger partial charge in [0.25, 0.3) is 7.82 Å². The lowest BCUT2D eigenvalue weighted by Crippen LogP contribution is -2.34. The largest absolute Gasteiger partial charge is 0.790 e. The van der Waals surface area contributed by atoms with Gasteiger partial charge >= 0.3 is 0 Å². The van der Waals surface area contributed by atoms with Crippen LogP contribution in [0, 0.1) is 0 Å². The Balaban J connectivity index is 1.69. The van der Waals surface area contributed by atoms with Crippen molar-refractivity contribution < 1.29 is 56.8 Å². The number of anilines is 1. The summed E-state index contributed by atoms with van der Waals surface area (Å²) in [5.74, 6) is 0.0471. The van der Waals surface area contributed by atoms with Crippen molar-refractivity contribution in [1.29, 1.82) is 0 Å². The summed E-state index contributed by atoms with van der Waals surface area (Å²) in [6.45, 7) is -5.84. The predicted octanol–water partition coefficient (Wildman–Crippen LogP) is -4.04. The summed E-state index contributed by atoms with van der Waals surface area (Å²) in [5, 5.41) is 20.4. The molecule has 0 aliphatic carbocycles. The number of nitrogens with zero attached hydrogens (tertiary/aromatic N) is 4. The van der Waals surface area contributed by atoms with Gasteiger partial charge in [-0.15, -0.1) is 0 Å². The number of aliphatic hydroxyl groups excluding tert-OH is 2. The molecule has 1 fully saturated rings. The topological polar surface area (TPSA) is 273 Å². The minimum absolute atomic E-state index is 0.0471. The first-order valence-corrected chi connectivity index (χ1v) is 13.3.